The van der Waals surface area contributed by atoms with Crippen molar-refractivity contribution >= 4 is 38.2 Å². The van der Waals surface area contributed by atoms with E-state index in [1.807, 2.05) is 30.3 Å². The summed E-state index contributed by atoms with van der Waals surface area (Å²) < 4.78 is 8.49. The second kappa shape index (κ2) is 8.09. The molecule has 1 aromatic heterocycles. The Bertz CT molecular complexity index is 1210. The lowest BCUT2D eigenvalue weighted by molar-refractivity contribution is -0.117. The van der Waals surface area contributed by atoms with Crippen LogP contribution in [0.4, 0.5) is 0 Å². The summed E-state index contributed by atoms with van der Waals surface area (Å²) in [7, 11) is 1.68. The Balaban J connectivity index is 1.74. The first-order chi connectivity index (χ1) is 13.7. The number of para-hydroxylation sites is 1. The van der Waals surface area contributed by atoms with E-state index in [1.54, 1.807) is 18.4 Å². The zero-order valence-electron chi connectivity index (χ0n) is 16.0. The van der Waals surface area contributed by atoms with Crippen LogP contribution in [0, 0.1) is 6.92 Å². The molecule has 4 rings (SSSR count). The molecule has 0 aliphatic carbocycles. The van der Waals surface area contributed by atoms with Crippen LogP contribution in [0.5, 0.6) is 0 Å². The van der Waals surface area contributed by atoms with E-state index in [2.05, 4.69) is 46.8 Å². The third-order valence-electron chi connectivity index (χ3n) is 4.86. The van der Waals surface area contributed by atoms with E-state index in [4.69, 9.17) is 4.74 Å². The Morgan fingerprint density at radius 2 is 1.86 bits per heavy atom. The Morgan fingerprint density at radius 3 is 2.71 bits per heavy atom. The number of amides is 1. The maximum absolute atomic E-state index is 12.8. The molecule has 0 atom stereocenters. The van der Waals surface area contributed by atoms with Crippen molar-refractivity contribution in [2.45, 2.75) is 19.9 Å². The molecule has 0 spiro atoms. The maximum atomic E-state index is 12.8. The maximum Gasteiger partial charge on any atom is 0.252 e. The van der Waals surface area contributed by atoms with Crippen LogP contribution in [0.25, 0.3) is 21.0 Å². The molecule has 1 amide bonds. The topological polar surface area (TPSA) is 43.6 Å². The number of rotatable bonds is 5. The highest BCUT2D eigenvalue weighted by Crippen LogP contribution is 2.22. The first-order valence-electron chi connectivity index (χ1n) is 9.29. The van der Waals surface area contributed by atoms with Gasteiger partial charge in [-0.3, -0.25) is 4.79 Å². The lowest BCUT2D eigenvalue weighted by Gasteiger charge is -2.06. The van der Waals surface area contributed by atoms with Gasteiger partial charge < -0.3 is 9.30 Å². The number of methoxy groups -OCH3 is 1. The molecule has 28 heavy (non-hydrogen) atoms. The molecule has 0 N–H and O–H groups in total. The zero-order valence-corrected chi connectivity index (χ0v) is 16.8. The lowest BCUT2D eigenvalue weighted by atomic mass is 10.0. The number of ether oxygens (including phenoxy) is 1. The quantitative estimate of drug-likeness (QED) is 0.504. The van der Waals surface area contributed by atoms with Crippen LogP contribution in [0.1, 0.15) is 11.1 Å². The average Bonchev–Trinajstić information content (AvgIpc) is 3.04. The van der Waals surface area contributed by atoms with Crippen LogP contribution >= 0.6 is 11.3 Å². The Hall–Kier alpha value is -2.76. The predicted octanol–water partition coefficient (Wildman–Crippen LogP) is 4.48. The minimum absolute atomic E-state index is 0.133. The molecule has 0 saturated carbocycles. The number of carbonyl (C=O) groups is 1. The minimum Gasteiger partial charge on any atom is -0.383 e. The van der Waals surface area contributed by atoms with Crippen molar-refractivity contribution < 1.29 is 9.53 Å². The van der Waals surface area contributed by atoms with Crippen LogP contribution in [-0.4, -0.2) is 24.2 Å². The fourth-order valence-electron chi connectivity index (χ4n) is 3.54. The van der Waals surface area contributed by atoms with Gasteiger partial charge in [0, 0.05) is 13.7 Å². The summed E-state index contributed by atoms with van der Waals surface area (Å²) in [4.78, 5) is 18.0. The molecular formula is C23H22N2O2S. The number of hydrogen-bond acceptors (Lipinski definition) is 3. The van der Waals surface area contributed by atoms with Gasteiger partial charge in [0.1, 0.15) is 0 Å². The van der Waals surface area contributed by atoms with Crippen LogP contribution in [0.2, 0.25) is 0 Å². The van der Waals surface area contributed by atoms with E-state index in [1.165, 1.54) is 5.56 Å². The van der Waals surface area contributed by atoms with Crippen molar-refractivity contribution in [1.29, 1.82) is 0 Å². The van der Waals surface area contributed by atoms with Gasteiger partial charge in [0.15, 0.2) is 4.80 Å². The van der Waals surface area contributed by atoms with Crippen molar-refractivity contribution in [3.05, 3.63) is 76.6 Å². The third kappa shape index (κ3) is 3.63. The standard InChI is InChI=1S/C23H22N2O2S/c1-16-7-5-12-20-22(16)25(13-14-27-2)23(28-20)24-21(26)15-18-10-6-9-17-8-3-4-11-19(17)18/h3-12H,13-15H2,1-2H3. The smallest absolute Gasteiger partial charge is 0.252 e. The molecular weight excluding hydrogens is 368 g/mol. The van der Waals surface area contributed by atoms with Gasteiger partial charge in [-0.25, -0.2) is 0 Å². The molecule has 0 bridgehead atoms. The van der Waals surface area contributed by atoms with Gasteiger partial charge in [-0.1, -0.05) is 65.9 Å². The number of thiazole rings is 1. The Morgan fingerprint density at radius 1 is 1.07 bits per heavy atom. The molecule has 0 radical (unpaired) electrons. The highest BCUT2D eigenvalue weighted by molar-refractivity contribution is 7.16. The van der Waals surface area contributed by atoms with Crippen LogP contribution in [0.3, 0.4) is 0 Å². The summed E-state index contributed by atoms with van der Waals surface area (Å²) >= 11 is 1.55. The molecule has 3 aromatic carbocycles. The molecule has 4 aromatic rings. The first kappa shape index (κ1) is 18.6. The van der Waals surface area contributed by atoms with E-state index >= 15 is 0 Å². The van der Waals surface area contributed by atoms with Gasteiger partial charge in [-0.2, -0.15) is 4.99 Å². The van der Waals surface area contributed by atoms with Crippen molar-refractivity contribution in [3.63, 3.8) is 0 Å². The summed E-state index contributed by atoms with van der Waals surface area (Å²) in [5.41, 5.74) is 3.31. The minimum atomic E-state index is -0.133. The highest BCUT2D eigenvalue weighted by atomic mass is 32.1. The number of carbonyl (C=O) groups excluding carboxylic acids is 1. The van der Waals surface area contributed by atoms with Gasteiger partial charge in [0.05, 0.1) is 23.2 Å². The SMILES string of the molecule is COCCn1c(=NC(=O)Cc2cccc3ccccc23)sc2cccc(C)c21. The molecule has 5 heteroatoms. The molecule has 142 valence electrons. The zero-order chi connectivity index (χ0) is 19.5. The Labute approximate surface area is 167 Å². The summed E-state index contributed by atoms with van der Waals surface area (Å²) in [6, 6.07) is 20.4. The molecule has 0 saturated heterocycles. The molecule has 0 fully saturated rings. The first-order valence-corrected chi connectivity index (χ1v) is 10.1. The van der Waals surface area contributed by atoms with Crippen LogP contribution in [0.15, 0.2) is 65.7 Å². The number of hydrogen-bond donors (Lipinski definition) is 0. The fourth-order valence-corrected chi connectivity index (χ4v) is 4.69. The molecule has 0 aliphatic rings. The predicted molar refractivity (Wildman–Crippen MR) is 115 cm³/mol. The van der Waals surface area contributed by atoms with E-state index in [9.17, 15) is 4.79 Å². The second-order valence-corrected chi connectivity index (χ2v) is 7.78. The van der Waals surface area contributed by atoms with Crippen LogP contribution in [-0.2, 0) is 22.5 Å². The molecule has 0 unspecified atom stereocenters. The average molecular weight is 391 g/mol. The lowest BCUT2D eigenvalue weighted by Crippen LogP contribution is -2.20. The van der Waals surface area contributed by atoms with Gasteiger partial charge in [-0.15, -0.1) is 0 Å². The number of benzene rings is 3. The van der Waals surface area contributed by atoms with E-state index in [-0.39, 0.29) is 5.91 Å². The molecule has 0 aliphatic heterocycles. The number of aromatic nitrogens is 1. The number of aryl methyl sites for hydroxylation is 1. The van der Waals surface area contributed by atoms with E-state index in [0.717, 1.165) is 31.4 Å². The third-order valence-corrected chi connectivity index (χ3v) is 5.91. The summed E-state index contributed by atoms with van der Waals surface area (Å²) in [5.74, 6) is -0.133. The second-order valence-electron chi connectivity index (χ2n) is 6.77. The number of nitrogens with zero attached hydrogens (tertiary/aromatic N) is 2. The van der Waals surface area contributed by atoms with Gasteiger partial charge >= 0.3 is 0 Å². The summed E-state index contributed by atoms with van der Waals surface area (Å²) in [5, 5.41) is 2.24. The van der Waals surface area contributed by atoms with Crippen molar-refractivity contribution in [2.75, 3.05) is 13.7 Å². The van der Waals surface area contributed by atoms with Crippen molar-refractivity contribution in [1.82, 2.24) is 4.57 Å². The fraction of sp³-hybridized carbons (Fsp3) is 0.217. The van der Waals surface area contributed by atoms with Gasteiger partial charge in [0.25, 0.3) is 5.91 Å². The normalized spacial score (nSPS) is 12.1. The monoisotopic (exact) mass is 390 g/mol. The summed E-state index contributed by atoms with van der Waals surface area (Å²) in [6.07, 6.45) is 0.291. The summed E-state index contributed by atoms with van der Waals surface area (Å²) in [6.45, 7) is 3.33. The molecule has 4 nitrogen and oxygen atoms in total. The largest absolute Gasteiger partial charge is 0.383 e. The van der Waals surface area contributed by atoms with Gasteiger partial charge in [-0.05, 0) is 34.9 Å². The van der Waals surface area contributed by atoms with E-state index < -0.39 is 0 Å². The van der Waals surface area contributed by atoms with Crippen molar-refractivity contribution in [2.24, 2.45) is 4.99 Å². The molecule has 1 heterocycles. The van der Waals surface area contributed by atoms with Gasteiger partial charge in [0.2, 0.25) is 0 Å². The number of fused-ring (bicyclic) bond motifs is 2. The van der Waals surface area contributed by atoms with E-state index in [0.29, 0.717) is 19.6 Å². The highest BCUT2D eigenvalue weighted by Gasteiger charge is 2.11. The van der Waals surface area contributed by atoms with Crippen LogP contribution < -0.4 is 4.80 Å². The Kier molecular flexibility index (Phi) is 5.37. The van der Waals surface area contributed by atoms with Crippen molar-refractivity contribution in [3.8, 4) is 0 Å².